The number of rotatable bonds is 7. The third kappa shape index (κ3) is 5.27. The monoisotopic (exact) mass is 422 g/mol. The lowest BCUT2D eigenvalue weighted by atomic mass is 10.0. The average molecular weight is 423 g/mol. The average Bonchev–Trinajstić information content (AvgIpc) is 2.74. The molecule has 30 heavy (non-hydrogen) atoms. The van der Waals surface area contributed by atoms with Gasteiger partial charge in [-0.1, -0.05) is 55.0 Å². The number of carbonyl (C=O) groups excluding carboxylic acids is 1. The highest BCUT2D eigenvalue weighted by Gasteiger charge is 2.16. The number of hydrogen-bond donors (Lipinski definition) is 2. The van der Waals surface area contributed by atoms with E-state index < -0.39 is 10.0 Å². The summed E-state index contributed by atoms with van der Waals surface area (Å²) in [4.78, 5) is 12.9. The lowest BCUT2D eigenvalue weighted by Crippen LogP contribution is -2.26. The van der Waals surface area contributed by atoms with Gasteiger partial charge in [-0.15, -0.1) is 0 Å². The van der Waals surface area contributed by atoms with Crippen LogP contribution >= 0.6 is 0 Å². The number of aryl methyl sites for hydroxylation is 2. The van der Waals surface area contributed by atoms with E-state index in [-0.39, 0.29) is 16.8 Å². The van der Waals surface area contributed by atoms with Crippen molar-refractivity contribution < 1.29 is 13.2 Å². The van der Waals surface area contributed by atoms with Gasteiger partial charge >= 0.3 is 0 Å². The molecule has 1 unspecified atom stereocenters. The fourth-order valence-electron chi connectivity index (χ4n) is 3.06. The van der Waals surface area contributed by atoms with Crippen LogP contribution in [-0.4, -0.2) is 14.3 Å². The van der Waals surface area contributed by atoms with Crippen LogP contribution < -0.4 is 10.0 Å². The maximum atomic E-state index is 12.7. The summed E-state index contributed by atoms with van der Waals surface area (Å²) < 4.78 is 27.7. The number of benzene rings is 3. The van der Waals surface area contributed by atoms with Gasteiger partial charge in [-0.2, -0.15) is 0 Å². The van der Waals surface area contributed by atoms with Crippen molar-refractivity contribution in [3.8, 4) is 0 Å². The Morgan fingerprint density at radius 2 is 1.63 bits per heavy atom. The molecule has 3 aromatic carbocycles. The van der Waals surface area contributed by atoms with Crippen molar-refractivity contribution in [3.05, 3.63) is 95.1 Å². The zero-order chi connectivity index (χ0) is 21.7. The molecule has 0 aliphatic rings. The summed E-state index contributed by atoms with van der Waals surface area (Å²) >= 11 is 0. The normalized spacial score (nSPS) is 12.2. The van der Waals surface area contributed by atoms with Crippen molar-refractivity contribution in [1.82, 2.24) is 5.32 Å². The van der Waals surface area contributed by atoms with E-state index in [1.165, 1.54) is 11.6 Å². The van der Waals surface area contributed by atoms with Crippen LogP contribution in [0.25, 0.3) is 0 Å². The van der Waals surface area contributed by atoms with Gasteiger partial charge in [-0.05, 0) is 61.7 Å². The Bertz CT molecular complexity index is 1120. The highest BCUT2D eigenvalue weighted by Crippen LogP contribution is 2.19. The Kier molecular flexibility index (Phi) is 6.57. The fraction of sp³-hybridized carbons (Fsp3) is 0.208. The Morgan fingerprint density at radius 3 is 2.27 bits per heavy atom. The summed E-state index contributed by atoms with van der Waals surface area (Å²) in [7, 11) is -3.73. The third-order valence-corrected chi connectivity index (χ3v) is 6.34. The molecule has 0 heterocycles. The van der Waals surface area contributed by atoms with E-state index in [0.717, 1.165) is 17.5 Å². The molecule has 0 aliphatic heterocycles. The summed E-state index contributed by atoms with van der Waals surface area (Å²) in [5, 5.41) is 2.96. The Labute approximate surface area is 178 Å². The molecule has 0 aromatic heterocycles. The molecule has 2 N–H and O–H groups in total. The minimum atomic E-state index is -3.73. The van der Waals surface area contributed by atoms with Gasteiger partial charge in [0.05, 0.1) is 10.9 Å². The van der Waals surface area contributed by atoms with Crippen LogP contribution in [0.15, 0.2) is 77.7 Å². The maximum Gasteiger partial charge on any atom is 0.261 e. The third-order valence-electron chi connectivity index (χ3n) is 4.94. The van der Waals surface area contributed by atoms with Crippen LogP contribution in [0.2, 0.25) is 0 Å². The largest absolute Gasteiger partial charge is 0.346 e. The van der Waals surface area contributed by atoms with Crippen molar-refractivity contribution in [2.24, 2.45) is 0 Å². The van der Waals surface area contributed by atoms with Crippen LogP contribution in [-0.2, 0) is 16.4 Å². The molecule has 6 heteroatoms. The molecule has 156 valence electrons. The van der Waals surface area contributed by atoms with E-state index in [2.05, 4.69) is 29.1 Å². The van der Waals surface area contributed by atoms with E-state index in [4.69, 9.17) is 0 Å². The first-order valence-corrected chi connectivity index (χ1v) is 11.4. The number of nitrogens with one attached hydrogen (secondary N) is 2. The molecule has 0 aliphatic carbocycles. The Balaban J connectivity index is 1.72. The molecule has 0 spiro atoms. The number of carbonyl (C=O) groups is 1. The van der Waals surface area contributed by atoms with Crippen LogP contribution in [0, 0.1) is 6.92 Å². The standard InChI is InChI=1S/C24H26N2O3S/c1-4-19-10-12-20(13-11-19)18(3)25-24(27)21-6-5-7-22(16-21)26-30(28,29)23-14-8-17(2)9-15-23/h5-16,18,26H,4H2,1-3H3,(H,25,27). The second-order valence-electron chi connectivity index (χ2n) is 7.29. The summed E-state index contributed by atoms with van der Waals surface area (Å²) in [6, 6.07) is 21.0. The van der Waals surface area contributed by atoms with E-state index in [1.54, 1.807) is 42.5 Å². The number of sulfonamides is 1. The van der Waals surface area contributed by atoms with Gasteiger partial charge in [-0.3, -0.25) is 9.52 Å². The molecule has 1 atom stereocenters. The molecule has 0 saturated carbocycles. The first-order chi connectivity index (χ1) is 14.3. The predicted molar refractivity (Wildman–Crippen MR) is 120 cm³/mol. The lowest BCUT2D eigenvalue weighted by molar-refractivity contribution is 0.0940. The Hall–Kier alpha value is -3.12. The number of anilines is 1. The first-order valence-electron chi connectivity index (χ1n) is 9.88. The van der Waals surface area contributed by atoms with Crippen LogP contribution in [0.5, 0.6) is 0 Å². The van der Waals surface area contributed by atoms with Crippen molar-refractivity contribution in [3.63, 3.8) is 0 Å². The topological polar surface area (TPSA) is 75.3 Å². The molecular formula is C24H26N2O3S. The van der Waals surface area contributed by atoms with Gasteiger partial charge < -0.3 is 5.32 Å². The van der Waals surface area contributed by atoms with Crippen LogP contribution in [0.1, 0.15) is 46.9 Å². The zero-order valence-corrected chi connectivity index (χ0v) is 18.2. The summed E-state index contributed by atoms with van der Waals surface area (Å²) in [5.74, 6) is -0.265. The van der Waals surface area contributed by atoms with Gasteiger partial charge in [0.1, 0.15) is 0 Å². The maximum absolute atomic E-state index is 12.7. The minimum Gasteiger partial charge on any atom is -0.346 e. The molecule has 0 radical (unpaired) electrons. The molecule has 0 saturated heterocycles. The molecule has 1 amide bonds. The highest BCUT2D eigenvalue weighted by molar-refractivity contribution is 7.92. The lowest BCUT2D eigenvalue weighted by Gasteiger charge is -2.15. The molecule has 0 fully saturated rings. The van der Waals surface area contributed by atoms with E-state index in [9.17, 15) is 13.2 Å². The van der Waals surface area contributed by atoms with E-state index in [1.807, 2.05) is 26.0 Å². The fourth-order valence-corrected chi connectivity index (χ4v) is 4.11. The van der Waals surface area contributed by atoms with Crippen LogP contribution in [0.4, 0.5) is 5.69 Å². The summed E-state index contributed by atoms with van der Waals surface area (Å²) in [6.07, 6.45) is 0.965. The van der Waals surface area contributed by atoms with E-state index >= 15 is 0 Å². The molecular weight excluding hydrogens is 396 g/mol. The highest BCUT2D eigenvalue weighted by atomic mass is 32.2. The van der Waals surface area contributed by atoms with Crippen molar-refractivity contribution >= 4 is 21.6 Å². The van der Waals surface area contributed by atoms with E-state index in [0.29, 0.717) is 11.3 Å². The summed E-state index contributed by atoms with van der Waals surface area (Å²) in [6.45, 7) is 5.91. The van der Waals surface area contributed by atoms with Crippen molar-refractivity contribution in [1.29, 1.82) is 0 Å². The predicted octanol–water partition coefficient (Wildman–Crippen LogP) is 4.85. The van der Waals surface area contributed by atoms with Crippen LogP contribution in [0.3, 0.4) is 0 Å². The summed E-state index contributed by atoms with van der Waals surface area (Å²) in [5.41, 5.74) is 3.95. The van der Waals surface area contributed by atoms with Gasteiger partial charge in [0.2, 0.25) is 0 Å². The smallest absolute Gasteiger partial charge is 0.261 e. The van der Waals surface area contributed by atoms with Crippen molar-refractivity contribution in [2.75, 3.05) is 4.72 Å². The minimum absolute atomic E-state index is 0.170. The second kappa shape index (κ2) is 9.13. The first kappa shape index (κ1) is 21.6. The van der Waals surface area contributed by atoms with Crippen molar-refractivity contribution in [2.45, 2.75) is 38.1 Å². The SMILES string of the molecule is CCc1ccc(C(C)NC(=O)c2cccc(NS(=O)(=O)c3ccc(C)cc3)c2)cc1. The molecule has 3 rings (SSSR count). The quantitative estimate of drug-likeness (QED) is 0.572. The molecule has 0 bridgehead atoms. The molecule has 5 nitrogen and oxygen atoms in total. The Morgan fingerprint density at radius 1 is 0.967 bits per heavy atom. The second-order valence-corrected chi connectivity index (χ2v) is 8.97. The van der Waals surface area contributed by atoms with Gasteiger partial charge in [0, 0.05) is 11.3 Å². The zero-order valence-electron chi connectivity index (χ0n) is 17.3. The van der Waals surface area contributed by atoms with Gasteiger partial charge in [0.15, 0.2) is 0 Å². The van der Waals surface area contributed by atoms with Gasteiger partial charge in [0.25, 0.3) is 15.9 Å². The number of amides is 1. The molecule has 3 aromatic rings. The van der Waals surface area contributed by atoms with Gasteiger partial charge in [-0.25, -0.2) is 8.42 Å². The number of hydrogen-bond acceptors (Lipinski definition) is 3.